The molecule has 1 fully saturated rings. The summed E-state index contributed by atoms with van der Waals surface area (Å²) in [5, 5.41) is 80.5. The monoisotopic (exact) mass is 684 g/mol. The number of aliphatic hydroxyl groups is 3. The number of aliphatic hydroxyl groups excluding tert-OH is 3. The summed E-state index contributed by atoms with van der Waals surface area (Å²) in [7, 11) is 2.61. The van der Waals surface area contributed by atoms with Crippen LogP contribution in [0.2, 0.25) is 0 Å². The van der Waals surface area contributed by atoms with Gasteiger partial charge >= 0.3 is 11.9 Å². The maximum atomic E-state index is 13.8. The summed E-state index contributed by atoms with van der Waals surface area (Å²) in [4.78, 5) is 38.2. The fourth-order valence-electron chi connectivity index (χ4n) is 4.85. The number of phenols is 4. The molecule has 0 amide bonds. The number of benzene rings is 3. The van der Waals surface area contributed by atoms with Gasteiger partial charge in [0.1, 0.15) is 35.0 Å². The lowest BCUT2D eigenvalue weighted by molar-refractivity contribution is -0.271. The molecule has 0 spiro atoms. The summed E-state index contributed by atoms with van der Waals surface area (Å²) in [5.74, 6) is -7.29. The van der Waals surface area contributed by atoms with Gasteiger partial charge in [-0.05, 0) is 48.0 Å². The Bertz CT molecular complexity index is 1970. The quantitative estimate of drug-likeness (QED) is 0.0698. The van der Waals surface area contributed by atoms with E-state index in [2.05, 4.69) is 0 Å². The number of methoxy groups -OCH3 is 2. The number of aromatic hydroxyl groups is 4. The average Bonchev–Trinajstić information content (AvgIpc) is 3.07. The van der Waals surface area contributed by atoms with E-state index >= 15 is 0 Å². The lowest BCUT2D eigenvalue weighted by Gasteiger charge is -2.38. The topological polar surface area (TPSA) is 272 Å². The maximum Gasteiger partial charge on any atom is 0.336 e. The van der Waals surface area contributed by atoms with Crippen molar-refractivity contribution >= 4 is 29.0 Å². The molecule has 4 aromatic rings. The number of rotatable bonds is 9. The van der Waals surface area contributed by atoms with Crippen molar-refractivity contribution in [2.75, 3.05) is 14.2 Å². The van der Waals surface area contributed by atoms with Gasteiger partial charge in [0.15, 0.2) is 34.9 Å². The molecule has 17 heteroatoms. The average molecular weight is 685 g/mol. The fourth-order valence-corrected chi connectivity index (χ4v) is 4.85. The molecule has 0 bridgehead atoms. The first-order chi connectivity index (χ1) is 23.2. The SMILES string of the molecule is COc1cc(C=CC(=O)Oc2c(-c3ccc(O)cc3)oc3cc(OC4OC(C(=O)O)C(O)C(O)C4O)c(O)c(O)c3c2=O)cc(OC)c1O. The number of carboxylic acid groups (broad SMARTS) is 1. The van der Waals surface area contributed by atoms with Crippen LogP contribution in [0.1, 0.15) is 5.56 Å². The molecule has 1 aliphatic rings. The van der Waals surface area contributed by atoms with Gasteiger partial charge in [-0.3, -0.25) is 4.79 Å². The van der Waals surface area contributed by atoms with Crippen LogP contribution in [-0.4, -0.2) is 97.7 Å². The van der Waals surface area contributed by atoms with Crippen molar-refractivity contribution in [3.8, 4) is 57.3 Å². The Morgan fingerprint density at radius 3 is 2.04 bits per heavy atom. The van der Waals surface area contributed by atoms with Crippen LogP contribution in [0.25, 0.3) is 28.4 Å². The van der Waals surface area contributed by atoms with Crippen molar-refractivity contribution in [1.29, 1.82) is 0 Å². The van der Waals surface area contributed by atoms with E-state index in [0.717, 1.165) is 12.1 Å². The van der Waals surface area contributed by atoms with Crippen LogP contribution in [0.15, 0.2) is 57.8 Å². The Kier molecular flexibility index (Phi) is 9.54. The fraction of sp³-hybridized carbons (Fsp3) is 0.219. The minimum atomic E-state index is -2.06. The Balaban J connectivity index is 1.57. The third-order valence-corrected chi connectivity index (χ3v) is 7.36. The summed E-state index contributed by atoms with van der Waals surface area (Å²) in [6.45, 7) is 0. The molecule has 5 unspecified atom stereocenters. The van der Waals surface area contributed by atoms with E-state index in [1.807, 2.05) is 0 Å². The lowest BCUT2D eigenvalue weighted by Crippen LogP contribution is -2.61. The zero-order chi connectivity index (χ0) is 35.7. The first kappa shape index (κ1) is 34.3. The molecule has 49 heavy (non-hydrogen) atoms. The van der Waals surface area contributed by atoms with Crippen LogP contribution in [0.3, 0.4) is 0 Å². The van der Waals surface area contributed by atoms with Crippen molar-refractivity contribution < 1.29 is 78.5 Å². The van der Waals surface area contributed by atoms with Crippen molar-refractivity contribution in [1.82, 2.24) is 0 Å². The van der Waals surface area contributed by atoms with Crippen LogP contribution < -0.4 is 24.4 Å². The van der Waals surface area contributed by atoms with Crippen molar-refractivity contribution in [3.63, 3.8) is 0 Å². The number of hydrogen-bond acceptors (Lipinski definition) is 16. The van der Waals surface area contributed by atoms with E-state index in [-0.39, 0.29) is 34.3 Å². The predicted octanol–water partition coefficient (Wildman–Crippen LogP) is 1.19. The molecule has 8 N–H and O–H groups in total. The zero-order valence-electron chi connectivity index (χ0n) is 25.3. The number of phenolic OH excluding ortho intramolecular Hbond substituents is 4. The first-order valence-electron chi connectivity index (χ1n) is 14.0. The normalized spacial score (nSPS) is 20.6. The number of carboxylic acids is 1. The third-order valence-electron chi connectivity index (χ3n) is 7.36. The second-order valence-corrected chi connectivity index (χ2v) is 10.5. The molecule has 258 valence electrons. The molecule has 2 heterocycles. The molecule has 17 nitrogen and oxygen atoms in total. The number of esters is 1. The van der Waals surface area contributed by atoms with Crippen LogP contribution >= 0.6 is 0 Å². The van der Waals surface area contributed by atoms with E-state index < -0.39 is 82.0 Å². The van der Waals surface area contributed by atoms with Gasteiger partial charge in [0, 0.05) is 17.7 Å². The number of ether oxygens (including phenoxy) is 5. The zero-order valence-corrected chi connectivity index (χ0v) is 25.3. The Morgan fingerprint density at radius 1 is 0.816 bits per heavy atom. The molecule has 1 saturated heterocycles. The highest BCUT2D eigenvalue weighted by Crippen LogP contribution is 2.44. The number of hydrogen-bond donors (Lipinski definition) is 8. The Hall–Kier alpha value is -6.01. The highest BCUT2D eigenvalue weighted by Gasteiger charge is 2.48. The molecule has 5 rings (SSSR count). The van der Waals surface area contributed by atoms with Crippen LogP contribution in [0.5, 0.6) is 46.0 Å². The highest BCUT2D eigenvalue weighted by molar-refractivity contribution is 5.94. The minimum absolute atomic E-state index is 0.0378. The van der Waals surface area contributed by atoms with Gasteiger partial charge in [0.05, 0.1) is 14.2 Å². The van der Waals surface area contributed by atoms with Gasteiger partial charge in [0.25, 0.3) is 0 Å². The van der Waals surface area contributed by atoms with Crippen LogP contribution in [-0.2, 0) is 14.3 Å². The standard InChI is InChI=1S/C32H28O17/c1-44-16-9-12(10-17(45-2)21(16)35)3-8-19(34)48-29-24(38)20-15(46-28(29)13-4-6-14(33)7-5-13)11-18(22(36)23(20)37)47-32-27(41)25(39)26(40)30(49-32)31(42)43/h3-11,25-27,30,32-33,35-37,39-41H,1-2H3,(H,42,43). The number of carbonyl (C=O) groups excluding carboxylic acids is 1. The van der Waals surface area contributed by atoms with E-state index in [1.54, 1.807) is 0 Å². The van der Waals surface area contributed by atoms with E-state index in [0.29, 0.717) is 5.56 Å². The summed E-state index contributed by atoms with van der Waals surface area (Å²) in [6.07, 6.45) is -8.02. The van der Waals surface area contributed by atoms with E-state index in [1.165, 1.54) is 56.7 Å². The number of carbonyl (C=O) groups is 2. The highest BCUT2D eigenvalue weighted by atomic mass is 16.7. The first-order valence-corrected chi connectivity index (χ1v) is 14.0. The third kappa shape index (κ3) is 6.58. The number of aliphatic carboxylic acids is 1. The predicted molar refractivity (Wildman–Crippen MR) is 164 cm³/mol. The molecule has 5 atom stereocenters. The molecule has 3 aromatic carbocycles. The Labute approximate surface area is 274 Å². The van der Waals surface area contributed by atoms with Crippen molar-refractivity contribution in [3.05, 3.63) is 64.3 Å². The lowest BCUT2D eigenvalue weighted by atomic mass is 9.99. The largest absolute Gasteiger partial charge is 0.508 e. The van der Waals surface area contributed by atoms with E-state index in [4.69, 9.17) is 28.1 Å². The molecular weight excluding hydrogens is 656 g/mol. The molecule has 0 saturated carbocycles. The van der Waals surface area contributed by atoms with Crippen LogP contribution in [0, 0.1) is 0 Å². The van der Waals surface area contributed by atoms with Gasteiger partial charge in [0.2, 0.25) is 29.0 Å². The molecule has 0 aliphatic carbocycles. The summed E-state index contributed by atoms with van der Waals surface area (Å²) in [5.41, 5.74) is -1.21. The van der Waals surface area contributed by atoms with E-state index in [9.17, 15) is 55.2 Å². The van der Waals surface area contributed by atoms with Gasteiger partial charge in [-0.15, -0.1) is 0 Å². The summed E-state index contributed by atoms with van der Waals surface area (Å²) >= 11 is 0. The minimum Gasteiger partial charge on any atom is -0.508 e. The van der Waals surface area contributed by atoms with Gasteiger partial charge in [-0.2, -0.15) is 0 Å². The summed E-state index contributed by atoms with van der Waals surface area (Å²) in [6, 6.07) is 8.73. The van der Waals surface area contributed by atoms with Gasteiger partial charge < -0.3 is 69.0 Å². The second-order valence-electron chi connectivity index (χ2n) is 10.5. The maximum absolute atomic E-state index is 13.8. The van der Waals surface area contributed by atoms with Gasteiger partial charge in [-0.1, -0.05) is 0 Å². The van der Waals surface area contributed by atoms with Crippen molar-refractivity contribution in [2.24, 2.45) is 0 Å². The molecule has 1 aliphatic heterocycles. The summed E-state index contributed by atoms with van der Waals surface area (Å²) < 4.78 is 31.8. The molecule has 1 aromatic heterocycles. The number of fused-ring (bicyclic) bond motifs is 1. The van der Waals surface area contributed by atoms with Gasteiger partial charge in [-0.25, -0.2) is 9.59 Å². The smallest absolute Gasteiger partial charge is 0.336 e. The Morgan fingerprint density at radius 2 is 1.45 bits per heavy atom. The molecule has 0 radical (unpaired) electrons. The van der Waals surface area contributed by atoms with Crippen molar-refractivity contribution in [2.45, 2.75) is 30.7 Å². The van der Waals surface area contributed by atoms with Crippen LogP contribution in [0.4, 0.5) is 0 Å². The molecular formula is C32H28O17. The second kappa shape index (κ2) is 13.6.